The maximum Gasteiger partial charge on any atom is 0.410 e. The first kappa shape index (κ1) is 29.5. The maximum absolute atomic E-state index is 13.7. The minimum absolute atomic E-state index is 0.0721. The molecule has 2 N–H and O–H groups in total. The number of nitrogens with zero attached hydrogens (tertiary/aromatic N) is 1. The second kappa shape index (κ2) is 14.2. The van der Waals surface area contributed by atoms with Crippen LogP contribution in [0.1, 0.15) is 59.4 Å². The first-order valence-corrected chi connectivity index (χ1v) is 14.0. The van der Waals surface area contributed by atoms with Crippen molar-refractivity contribution in [2.24, 2.45) is 17.8 Å². The molecule has 0 saturated heterocycles. The number of amides is 1. The van der Waals surface area contributed by atoms with Crippen molar-refractivity contribution in [3.8, 4) is 17.2 Å². The van der Waals surface area contributed by atoms with E-state index in [-0.39, 0.29) is 18.2 Å². The van der Waals surface area contributed by atoms with Crippen LogP contribution in [0.4, 0.5) is 10.5 Å². The highest BCUT2D eigenvalue weighted by atomic mass is 16.6. The van der Waals surface area contributed by atoms with Gasteiger partial charge in [-0.15, -0.1) is 0 Å². The average molecular weight is 527 g/mol. The summed E-state index contributed by atoms with van der Waals surface area (Å²) in [4.78, 5) is 15.5. The topological polar surface area (TPSA) is 83.2 Å². The molecule has 0 radical (unpaired) electrons. The van der Waals surface area contributed by atoms with Crippen LogP contribution in [0.25, 0.3) is 0 Å². The first-order valence-electron chi connectivity index (χ1n) is 14.0. The lowest BCUT2D eigenvalue weighted by Gasteiger charge is -2.38. The number of nitrogen functional groups attached to an aromatic ring is 1. The molecule has 210 valence electrons. The van der Waals surface area contributed by atoms with Gasteiger partial charge < -0.3 is 29.6 Å². The number of carbonyl (C=O) groups is 1. The van der Waals surface area contributed by atoms with Gasteiger partial charge >= 0.3 is 6.09 Å². The van der Waals surface area contributed by atoms with Crippen molar-refractivity contribution in [3.63, 3.8) is 0 Å². The Balaban J connectivity index is 1.75. The van der Waals surface area contributed by atoms with Crippen LogP contribution in [0.5, 0.6) is 17.2 Å². The van der Waals surface area contributed by atoms with Crippen LogP contribution in [0.3, 0.4) is 0 Å². The Morgan fingerprint density at radius 2 is 1.76 bits per heavy atom. The molecule has 1 fully saturated rings. The number of rotatable bonds is 12. The van der Waals surface area contributed by atoms with Gasteiger partial charge in [0.05, 0.1) is 25.9 Å². The third-order valence-corrected chi connectivity index (χ3v) is 7.54. The van der Waals surface area contributed by atoms with Crippen molar-refractivity contribution in [3.05, 3.63) is 48.0 Å². The van der Waals surface area contributed by atoms with Crippen molar-refractivity contribution >= 4 is 11.8 Å². The molecule has 1 saturated carbocycles. The predicted molar refractivity (Wildman–Crippen MR) is 152 cm³/mol. The Hall–Kier alpha value is -3.09. The molecule has 7 heteroatoms. The number of ether oxygens (including phenoxy) is 4. The third-order valence-electron chi connectivity index (χ3n) is 7.54. The van der Waals surface area contributed by atoms with Crippen LogP contribution in [0.15, 0.2) is 42.5 Å². The monoisotopic (exact) mass is 526 g/mol. The van der Waals surface area contributed by atoms with Gasteiger partial charge in [0.2, 0.25) is 0 Å². The highest BCUT2D eigenvalue weighted by Gasteiger charge is 2.35. The van der Waals surface area contributed by atoms with E-state index in [2.05, 4.69) is 20.8 Å². The molecule has 0 aliphatic heterocycles. The van der Waals surface area contributed by atoms with E-state index in [4.69, 9.17) is 24.7 Å². The lowest BCUT2D eigenvalue weighted by atomic mass is 9.75. The van der Waals surface area contributed by atoms with E-state index in [1.54, 1.807) is 12.0 Å². The van der Waals surface area contributed by atoms with Gasteiger partial charge in [-0.25, -0.2) is 4.79 Å². The molecule has 0 spiro atoms. The minimum Gasteiger partial charge on any atom is -0.495 e. The van der Waals surface area contributed by atoms with E-state index in [1.807, 2.05) is 56.3 Å². The number of nitrogens with two attached hydrogens (primary N) is 1. The largest absolute Gasteiger partial charge is 0.495 e. The molecule has 7 nitrogen and oxygen atoms in total. The van der Waals surface area contributed by atoms with Crippen molar-refractivity contribution in [2.75, 3.05) is 32.6 Å². The molecule has 4 atom stereocenters. The van der Waals surface area contributed by atoms with Crippen LogP contribution in [0, 0.1) is 17.8 Å². The smallest absolute Gasteiger partial charge is 0.410 e. The van der Waals surface area contributed by atoms with Crippen molar-refractivity contribution in [1.82, 2.24) is 4.90 Å². The fourth-order valence-corrected chi connectivity index (χ4v) is 5.40. The predicted octanol–water partition coefficient (Wildman–Crippen LogP) is 6.59. The second-order valence-electron chi connectivity index (χ2n) is 10.8. The van der Waals surface area contributed by atoms with Crippen LogP contribution in [0.2, 0.25) is 0 Å². The van der Waals surface area contributed by atoms with Gasteiger partial charge in [0, 0.05) is 6.04 Å². The lowest BCUT2D eigenvalue weighted by molar-refractivity contribution is -0.0160. The normalized spacial score (nSPS) is 20.0. The maximum atomic E-state index is 13.7. The Morgan fingerprint density at radius 3 is 2.39 bits per heavy atom. The average Bonchev–Trinajstić information content (AvgIpc) is 2.87. The molecular weight excluding hydrogens is 480 g/mol. The van der Waals surface area contributed by atoms with Gasteiger partial charge in [0.25, 0.3) is 0 Å². The molecule has 2 aromatic carbocycles. The second-order valence-corrected chi connectivity index (χ2v) is 10.8. The van der Waals surface area contributed by atoms with Crippen molar-refractivity contribution in [2.45, 2.75) is 72.4 Å². The summed E-state index contributed by atoms with van der Waals surface area (Å²) in [5.41, 5.74) is 7.76. The quantitative estimate of drug-likeness (QED) is 0.314. The zero-order valence-corrected chi connectivity index (χ0v) is 23.9. The summed E-state index contributed by atoms with van der Waals surface area (Å²) in [7, 11) is 1.60. The summed E-state index contributed by atoms with van der Waals surface area (Å²) in [6.45, 7) is 11.9. The Bertz CT molecular complexity index is 1030. The van der Waals surface area contributed by atoms with Crippen molar-refractivity contribution < 1.29 is 23.7 Å². The van der Waals surface area contributed by atoms with E-state index in [1.165, 1.54) is 6.42 Å². The molecule has 1 aliphatic carbocycles. The summed E-state index contributed by atoms with van der Waals surface area (Å²) in [5.74, 6) is 3.40. The van der Waals surface area contributed by atoms with Crippen LogP contribution >= 0.6 is 0 Å². The van der Waals surface area contributed by atoms with E-state index in [0.717, 1.165) is 18.4 Å². The van der Waals surface area contributed by atoms with E-state index in [0.29, 0.717) is 66.9 Å². The zero-order valence-electron chi connectivity index (χ0n) is 23.9. The van der Waals surface area contributed by atoms with Crippen LogP contribution in [-0.2, 0) is 11.2 Å². The molecular formula is C31H46N2O5. The van der Waals surface area contributed by atoms with Gasteiger partial charge in [0.1, 0.15) is 18.5 Å². The third kappa shape index (κ3) is 7.95. The van der Waals surface area contributed by atoms with Gasteiger partial charge in [-0.2, -0.15) is 0 Å². The highest BCUT2D eigenvalue weighted by Crippen LogP contribution is 2.36. The number of para-hydroxylation sites is 2. The Labute approximate surface area is 228 Å². The molecule has 3 rings (SSSR count). The summed E-state index contributed by atoms with van der Waals surface area (Å²) in [6, 6.07) is 13.2. The number of hydrogen-bond donors (Lipinski definition) is 1. The van der Waals surface area contributed by atoms with E-state index in [9.17, 15) is 4.79 Å². The minimum atomic E-state index is -0.287. The summed E-state index contributed by atoms with van der Waals surface area (Å²) in [6.07, 6.45) is 3.46. The van der Waals surface area contributed by atoms with Gasteiger partial charge in [0.15, 0.2) is 11.5 Å². The number of hydrogen-bond acceptors (Lipinski definition) is 6. The number of benzene rings is 2. The van der Waals surface area contributed by atoms with Gasteiger partial charge in [-0.3, -0.25) is 0 Å². The molecule has 1 aliphatic rings. The number of anilines is 1. The van der Waals surface area contributed by atoms with Crippen molar-refractivity contribution in [1.29, 1.82) is 0 Å². The summed E-state index contributed by atoms with van der Waals surface area (Å²) < 4.78 is 23.3. The van der Waals surface area contributed by atoms with Gasteiger partial charge in [-0.05, 0) is 80.7 Å². The molecule has 0 unspecified atom stereocenters. The summed E-state index contributed by atoms with van der Waals surface area (Å²) >= 11 is 0. The molecule has 0 heterocycles. The molecule has 0 bridgehead atoms. The zero-order chi connectivity index (χ0) is 27.7. The van der Waals surface area contributed by atoms with E-state index < -0.39 is 0 Å². The Kier molecular flexibility index (Phi) is 11.0. The van der Waals surface area contributed by atoms with Crippen LogP contribution < -0.4 is 19.9 Å². The van der Waals surface area contributed by atoms with Crippen LogP contribution in [-0.4, -0.2) is 50.0 Å². The molecule has 1 amide bonds. The molecule has 2 aromatic rings. The fraction of sp³-hybridized carbons (Fsp3) is 0.581. The molecule has 0 aromatic heterocycles. The SMILES string of the molecule is CCOc1ccccc1OCCN(C(=O)O[C@@H]1C[C@H](C)CC[C@H]1C(C)C)[C@@H](C)Cc1ccc(OC)c(N)c1. The lowest BCUT2D eigenvalue weighted by Crippen LogP contribution is -2.46. The number of carbonyl (C=O) groups excluding carboxylic acids is 1. The standard InChI is InChI=1S/C31H46N2O5/c1-7-36-28-10-8-9-11-29(28)37-17-16-33(23(5)19-24-13-15-27(35-6)26(32)20-24)31(34)38-30-18-22(4)12-14-25(30)21(2)3/h8-11,13,15,20-23,25,30H,7,12,14,16-19,32H2,1-6H3/t22-,23+,25+,30-/m1/s1. The summed E-state index contributed by atoms with van der Waals surface area (Å²) in [5, 5.41) is 0. The molecule has 38 heavy (non-hydrogen) atoms. The number of methoxy groups -OCH3 is 1. The van der Waals surface area contributed by atoms with Gasteiger partial charge in [-0.1, -0.05) is 45.4 Å². The first-order chi connectivity index (χ1) is 18.2. The highest BCUT2D eigenvalue weighted by molar-refractivity contribution is 5.68. The fourth-order valence-electron chi connectivity index (χ4n) is 5.40. The van der Waals surface area contributed by atoms with E-state index >= 15 is 0 Å². The Morgan fingerprint density at radius 1 is 1.05 bits per heavy atom.